The zero-order valence-corrected chi connectivity index (χ0v) is 17.2. The highest BCUT2D eigenvalue weighted by Crippen LogP contribution is 2.30. The second-order valence-electron chi connectivity index (χ2n) is 7.44. The molecule has 1 atom stereocenters. The molecule has 0 aliphatic carbocycles. The van der Waals surface area contributed by atoms with Gasteiger partial charge in [0.15, 0.2) is 0 Å². The maximum absolute atomic E-state index is 5.31. The first-order valence-corrected chi connectivity index (χ1v) is 9.70. The topological polar surface area (TPSA) is 51.4 Å². The Hall–Kier alpha value is -3.18. The second-order valence-corrected chi connectivity index (χ2v) is 7.44. The Balaban J connectivity index is 1.76. The van der Waals surface area contributed by atoms with Crippen LogP contribution < -0.4 is 4.74 Å². The monoisotopic (exact) mass is 387 g/mol. The van der Waals surface area contributed by atoms with Gasteiger partial charge in [0.2, 0.25) is 0 Å². The van der Waals surface area contributed by atoms with Gasteiger partial charge in [0.1, 0.15) is 17.7 Å². The van der Waals surface area contributed by atoms with Gasteiger partial charge in [-0.15, -0.1) is 0 Å². The molecule has 0 amide bonds. The van der Waals surface area contributed by atoms with Gasteiger partial charge in [-0.3, -0.25) is 4.90 Å². The van der Waals surface area contributed by atoms with Gasteiger partial charge in [0, 0.05) is 23.6 Å². The smallest absolute Gasteiger partial charge is 0.124 e. The molecule has 0 N–H and O–H groups in total. The van der Waals surface area contributed by atoms with Gasteiger partial charge in [-0.2, -0.15) is 0 Å². The van der Waals surface area contributed by atoms with Gasteiger partial charge in [0.25, 0.3) is 0 Å². The molecule has 5 nitrogen and oxygen atoms in total. The Kier molecular flexibility index (Phi) is 5.32. The number of nitrogens with zero attached hydrogens (tertiary/aromatic N) is 3. The minimum absolute atomic E-state index is 0.131. The van der Waals surface area contributed by atoms with Gasteiger partial charge in [-0.1, -0.05) is 17.3 Å². The Morgan fingerprint density at radius 2 is 1.86 bits per heavy atom. The van der Waals surface area contributed by atoms with E-state index in [9.17, 15) is 0 Å². The fourth-order valence-corrected chi connectivity index (χ4v) is 3.51. The first-order chi connectivity index (χ1) is 14.0. The summed E-state index contributed by atoms with van der Waals surface area (Å²) in [5.74, 6) is 0.837. The number of aryl methyl sites for hydroxylation is 1. The summed E-state index contributed by atoms with van der Waals surface area (Å²) in [5.41, 5.74) is 6.37. The summed E-state index contributed by atoms with van der Waals surface area (Å²) in [7, 11) is 3.77. The molecule has 29 heavy (non-hydrogen) atoms. The summed E-state index contributed by atoms with van der Waals surface area (Å²) in [5, 5.41) is 5.24. The summed E-state index contributed by atoms with van der Waals surface area (Å²) >= 11 is 0. The fraction of sp³-hybridized carbons (Fsp3) is 0.250. The molecule has 148 valence electrons. The zero-order chi connectivity index (χ0) is 20.4. The fourth-order valence-electron chi connectivity index (χ4n) is 3.51. The van der Waals surface area contributed by atoms with E-state index in [-0.39, 0.29) is 6.04 Å². The van der Waals surface area contributed by atoms with E-state index in [4.69, 9.17) is 14.2 Å². The van der Waals surface area contributed by atoms with E-state index >= 15 is 0 Å². The van der Waals surface area contributed by atoms with E-state index in [1.54, 1.807) is 13.4 Å². The number of fused-ring (bicyclic) bond motifs is 1. The van der Waals surface area contributed by atoms with Crippen LogP contribution in [-0.2, 0) is 6.54 Å². The molecule has 0 radical (unpaired) electrons. The molecular weight excluding hydrogens is 362 g/mol. The van der Waals surface area contributed by atoms with E-state index in [0.29, 0.717) is 0 Å². The lowest BCUT2D eigenvalue weighted by molar-refractivity contribution is 0.241. The molecule has 0 bridgehead atoms. The van der Waals surface area contributed by atoms with Crippen LogP contribution in [0.4, 0.5) is 0 Å². The van der Waals surface area contributed by atoms with E-state index < -0.39 is 0 Å². The van der Waals surface area contributed by atoms with Crippen LogP contribution in [0.1, 0.15) is 29.8 Å². The zero-order valence-electron chi connectivity index (χ0n) is 17.2. The lowest BCUT2D eigenvalue weighted by Crippen LogP contribution is -2.22. The maximum Gasteiger partial charge on any atom is 0.124 e. The van der Waals surface area contributed by atoms with Crippen molar-refractivity contribution in [3.8, 4) is 17.0 Å². The summed E-state index contributed by atoms with van der Waals surface area (Å²) in [6.45, 7) is 4.96. The maximum atomic E-state index is 5.31. The second kappa shape index (κ2) is 8.05. The lowest BCUT2D eigenvalue weighted by Gasteiger charge is -2.24. The van der Waals surface area contributed by atoms with Gasteiger partial charge >= 0.3 is 0 Å². The van der Waals surface area contributed by atoms with Crippen molar-refractivity contribution in [2.75, 3.05) is 14.2 Å². The Labute approximate surface area is 170 Å². The first kappa shape index (κ1) is 19.2. The van der Waals surface area contributed by atoms with Crippen LogP contribution >= 0.6 is 0 Å². The van der Waals surface area contributed by atoms with Crippen molar-refractivity contribution < 1.29 is 9.26 Å². The van der Waals surface area contributed by atoms with E-state index in [0.717, 1.165) is 40.1 Å². The number of hydrogen-bond donors (Lipinski definition) is 0. The number of hydrogen-bond acceptors (Lipinski definition) is 5. The molecule has 2 aromatic heterocycles. The Bertz CT molecular complexity index is 1110. The van der Waals surface area contributed by atoms with Crippen LogP contribution in [0, 0.1) is 6.92 Å². The molecule has 2 heterocycles. The highest BCUT2D eigenvalue weighted by molar-refractivity contribution is 5.84. The van der Waals surface area contributed by atoms with Crippen molar-refractivity contribution >= 4 is 10.9 Å². The van der Waals surface area contributed by atoms with Crippen LogP contribution in [0.2, 0.25) is 0 Å². The predicted octanol–water partition coefficient (Wildman–Crippen LogP) is 5.40. The standard InChI is InChI=1S/C24H25N3O2/c1-16-5-6-19-14-20(15-27(3)17(2)22-11-12-29-26-22)24(25-23(19)13-16)18-7-9-21(28-4)10-8-18/h5-14,17H,15H2,1-4H3/t17-/m0/s1. The van der Waals surface area contributed by atoms with Gasteiger partial charge in [-0.05, 0) is 68.4 Å². The Morgan fingerprint density at radius 3 is 2.55 bits per heavy atom. The number of benzene rings is 2. The molecule has 0 saturated heterocycles. The third-order valence-electron chi connectivity index (χ3n) is 5.38. The van der Waals surface area contributed by atoms with Crippen molar-refractivity contribution in [1.82, 2.24) is 15.0 Å². The van der Waals surface area contributed by atoms with Crippen LogP contribution in [0.3, 0.4) is 0 Å². The number of aromatic nitrogens is 2. The summed E-state index contributed by atoms with van der Waals surface area (Å²) < 4.78 is 10.3. The summed E-state index contributed by atoms with van der Waals surface area (Å²) in [4.78, 5) is 7.29. The average molecular weight is 387 g/mol. The van der Waals surface area contributed by atoms with Crippen molar-refractivity contribution in [2.45, 2.75) is 26.4 Å². The molecular formula is C24H25N3O2. The van der Waals surface area contributed by atoms with Crippen molar-refractivity contribution in [2.24, 2.45) is 0 Å². The van der Waals surface area contributed by atoms with Crippen molar-refractivity contribution in [1.29, 1.82) is 0 Å². The molecule has 0 aliphatic rings. The Morgan fingerprint density at radius 1 is 1.07 bits per heavy atom. The minimum atomic E-state index is 0.131. The third-order valence-corrected chi connectivity index (χ3v) is 5.38. The molecule has 0 spiro atoms. The lowest BCUT2D eigenvalue weighted by atomic mass is 10.0. The van der Waals surface area contributed by atoms with Crippen LogP contribution in [0.15, 0.2) is 65.4 Å². The molecule has 4 aromatic rings. The number of ether oxygens (including phenoxy) is 1. The minimum Gasteiger partial charge on any atom is -0.497 e. The molecule has 0 aliphatic heterocycles. The predicted molar refractivity (Wildman–Crippen MR) is 115 cm³/mol. The molecule has 2 aromatic carbocycles. The highest BCUT2D eigenvalue weighted by Gasteiger charge is 2.18. The van der Waals surface area contributed by atoms with Gasteiger partial charge in [-0.25, -0.2) is 4.98 Å². The number of methoxy groups -OCH3 is 1. The van der Waals surface area contributed by atoms with Crippen LogP contribution in [0.5, 0.6) is 5.75 Å². The van der Waals surface area contributed by atoms with Crippen molar-refractivity contribution in [3.05, 3.63) is 77.7 Å². The molecule has 0 saturated carbocycles. The molecule has 4 rings (SSSR count). The number of pyridine rings is 1. The van der Waals surface area contributed by atoms with E-state index in [1.165, 1.54) is 11.1 Å². The van der Waals surface area contributed by atoms with E-state index in [2.05, 4.69) is 67.3 Å². The molecule has 0 unspecified atom stereocenters. The third kappa shape index (κ3) is 4.00. The summed E-state index contributed by atoms with van der Waals surface area (Å²) in [6.07, 6.45) is 1.61. The summed E-state index contributed by atoms with van der Waals surface area (Å²) in [6, 6.07) is 18.8. The quantitative estimate of drug-likeness (QED) is 0.443. The average Bonchev–Trinajstić information content (AvgIpc) is 3.28. The van der Waals surface area contributed by atoms with Crippen LogP contribution in [0.25, 0.3) is 22.2 Å². The molecule has 5 heteroatoms. The largest absolute Gasteiger partial charge is 0.497 e. The molecule has 0 fully saturated rings. The normalized spacial score (nSPS) is 12.4. The first-order valence-electron chi connectivity index (χ1n) is 9.70. The van der Waals surface area contributed by atoms with E-state index in [1.807, 2.05) is 18.2 Å². The van der Waals surface area contributed by atoms with Crippen molar-refractivity contribution in [3.63, 3.8) is 0 Å². The SMILES string of the molecule is COc1ccc(-c2nc3cc(C)ccc3cc2CN(C)[C@@H](C)c2ccon2)cc1. The number of rotatable bonds is 6. The highest BCUT2D eigenvalue weighted by atomic mass is 16.5. The van der Waals surface area contributed by atoms with Gasteiger partial charge in [0.05, 0.1) is 24.4 Å². The van der Waals surface area contributed by atoms with Crippen LogP contribution in [-0.4, -0.2) is 29.2 Å². The van der Waals surface area contributed by atoms with Gasteiger partial charge < -0.3 is 9.26 Å².